The van der Waals surface area contributed by atoms with E-state index in [-0.39, 0.29) is 17.3 Å². The molecule has 1 fully saturated rings. The molecular formula is C24H31N3O4S. The Morgan fingerprint density at radius 2 is 1.72 bits per heavy atom. The Morgan fingerprint density at radius 1 is 1.06 bits per heavy atom. The van der Waals surface area contributed by atoms with E-state index in [1.165, 1.54) is 4.31 Å². The zero-order chi connectivity index (χ0) is 22.9. The van der Waals surface area contributed by atoms with Crippen molar-refractivity contribution in [3.63, 3.8) is 0 Å². The van der Waals surface area contributed by atoms with Crippen molar-refractivity contribution >= 4 is 21.6 Å². The van der Waals surface area contributed by atoms with E-state index in [0.717, 1.165) is 25.1 Å². The number of fused-ring (bicyclic) bond motifs is 1. The molecular weight excluding hydrogens is 426 g/mol. The van der Waals surface area contributed by atoms with Gasteiger partial charge in [0, 0.05) is 26.2 Å². The van der Waals surface area contributed by atoms with Crippen LogP contribution in [0.15, 0.2) is 53.4 Å². The summed E-state index contributed by atoms with van der Waals surface area (Å²) in [4.78, 5) is 17.3. The highest BCUT2D eigenvalue weighted by atomic mass is 32.2. The first kappa shape index (κ1) is 22.6. The molecule has 2 aromatic rings. The van der Waals surface area contributed by atoms with Gasteiger partial charge in [0.15, 0.2) is 6.10 Å². The predicted molar refractivity (Wildman–Crippen MR) is 125 cm³/mol. The molecule has 1 amide bonds. The number of anilines is 1. The zero-order valence-corrected chi connectivity index (χ0v) is 19.7. The molecule has 2 atom stereocenters. The first-order valence-corrected chi connectivity index (χ1v) is 12.6. The normalized spacial score (nSPS) is 20.4. The largest absolute Gasteiger partial charge is 0.476 e. The second kappa shape index (κ2) is 9.11. The second-order valence-electron chi connectivity index (χ2n) is 8.62. The standard InChI is InChI=1S/C24H31N3O4S/c1-4-18(2)19-9-11-20(12-10-19)32(29,30)27-17-23(31-22-8-6-5-7-21(22)27)24(28)26-15-13-25(3)14-16-26/h5-12,18,23H,4,13-17H2,1-3H3. The van der Waals surface area contributed by atoms with Gasteiger partial charge in [0.25, 0.3) is 15.9 Å². The third-order valence-electron chi connectivity index (χ3n) is 6.47. The lowest BCUT2D eigenvalue weighted by molar-refractivity contribution is -0.140. The number of hydrogen-bond acceptors (Lipinski definition) is 5. The number of likely N-dealkylation sites (N-methyl/N-ethyl adjacent to an activating group) is 1. The summed E-state index contributed by atoms with van der Waals surface area (Å²) < 4.78 is 34.6. The fraction of sp³-hybridized carbons (Fsp3) is 0.458. The van der Waals surface area contributed by atoms with Crippen LogP contribution in [0.3, 0.4) is 0 Å². The van der Waals surface area contributed by atoms with E-state index in [9.17, 15) is 13.2 Å². The Hall–Kier alpha value is -2.58. The van der Waals surface area contributed by atoms with Crippen molar-refractivity contribution in [2.75, 3.05) is 44.1 Å². The number of para-hydroxylation sites is 2. The van der Waals surface area contributed by atoms with Crippen LogP contribution in [0.2, 0.25) is 0 Å². The van der Waals surface area contributed by atoms with Gasteiger partial charge in [-0.05, 0) is 49.2 Å². The van der Waals surface area contributed by atoms with Crippen molar-refractivity contribution in [1.82, 2.24) is 9.80 Å². The Morgan fingerprint density at radius 3 is 2.38 bits per heavy atom. The monoisotopic (exact) mass is 457 g/mol. The van der Waals surface area contributed by atoms with Crippen LogP contribution in [0.4, 0.5) is 5.69 Å². The van der Waals surface area contributed by atoms with E-state index in [2.05, 4.69) is 18.7 Å². The van der Waals surface area contributed by atoms with Gasteiger partial charge >= 0.3 is 0 Å². The highest BCUT2D eigenvalue weighted by molar-refractivity contribution is 7.92. The molecule has 7 nitrogen and oxygen atoms in total. The molecule has 32 heavy (non-hydrogen) atoms. The molecule has 172 valence electrons. The maximum Gasteiger partial charge on any atom is 0.265 e. The maximum atomic E-state index is 13.6. The van der Waals surface area contributed by atoms with Crippen LogP contribution in [0.1, 0.15) is 31.7 Å². The minimum absolute atomic E-state index is 0.0440. The van der Waals surface area contributed by atoms with E-state index in [1.54, 1.807) is 41.3 Å². The number of nitrogens with zero attached hydrogens (tertiary/aromatic N) is 3. The van der Waals surface area contributed by atoms with Crippen LogP contribution < -0.4 is 9.04 Å². The number of sulfonamides is 1. The van der Waals surface area contributed by atoms with Gasteiger partial charge in [-0.3, -0.25) is 9.10 Å². The summed E-state index contributed by atoms with van der Waals surface area (Å²) in [6.07, 6.45) is 0.112. The number of carbonyl (C=O) groups excluding carboxylic acids is 1. The molecule has 4 rings (SSSR count). The number of amides is 1. The summed E-state index contributed by atoms with van der Waals surface area (Å²) in [6, 6.07) is 14.1. The van der Waals surface area contributed by atoms with Gasteiger partial charge < -0.3 is 14.5 Å². The van der Waals surface area contributed by atoms with Gasteiger partial charge in [-0.25, -0.2) is 8.42 Å². The fourth-order valence-electron chi connectivity index (χ4n) is 4.12. The average molecular weight is 458 g/mol. The van der Waals surface area contributed by atoms with Crippen LogP contribution >= 0.6 is 0 Å². The Kier molecular flexibility index (Phi) is 6.44. The lowest BCUT2D eigenvalue weighted by atomic mass is 9.99. The highest BCUT2D eigenvalue weighted by Crippen LogP contribution is 2.37. The minimum Gasteiger partial charge on any atom is -0.476 e. The summed E-state index contributed by atoms with van der Waals surface area (Å²) in [5.41, 5.74) is 1.57. The molecule has 2 aliphatic rings. The van der Waals surface area contributed by atoms with Crippen molar-refractivity contribution in [2.45, 2.75) is 37.2 Å². The Bertz CT molecular complexity index is 1060. The van der Waals surface area contributed by atoms with E-state index in [4.69, 9.17) is 4.74 Å². The molecule has 2 aliphatic heterocycles. The van der Waals surface area contributed by atoms with Gasteiger partial charge in [0.05, 0.1) is 17.1 Å². The predicted octanol–water partition coefficient (Wildman–Crippen LogP) is 2.93. The first-order valence-electron chi connectivity index (χ1n) is 11.2. The van der Waals surface area contributed by atoms with Gasteiger partial charge in [0.1, 0.15) is 5.75 Å². The molecule has 0 aliphatic carbocycles. The van der Waals surface area contributed by atoms with Crippen LogP contribution in [-0.4, -0.2) is 70.0 Å². The average Bonchev–Trinajstić information content (AvgIpc) is 2.83. The van der Waals surface area contributed by atoms with Crippen LogP contribution in [0.5, 0.6) is 5.75 Å². The smallest absolute Gasteiger partial charge is 0.265 e. The molecule has 2 heterocycles. The maximum absolute atomic E-state index is 13.6. The summed E-state index contributed by atoms with van der Waals surface area (Å²) in [7, 11) is -1.83. The van der Waals surface area contributed by atoms with Crippen LogP contribution in [0, 0.1) is 0 Å². The van der Waals surface area contributed by atoms with E-state index < -0.39 is 16.1 Å². The van der Waals surface area contributed by atoms with Gasteiger partial charge in [-0.2, -0.15) is 0 Å². The van der Waals surface area contributed by atoms with Crippen molar-refractivity contribution in [1.29, 1.82) is 0 Å². The van der Waals surface area contributed by atoms with E-state index in [0.29, 0.717) is 30.4 Å². The Balaban J connectivity index is 1.63. The van der Waals surface area contributed by atoms with Crippen molar-refractivity contribution in [3.05, 3.63) is 54.1 Å². The summed E-state index contributed by atoms with van der Waals surface area (Å²) >= 11 is 0. The third kappa shape index (κ3) is 4.34. The number of rotatable bonds is 5. The summed E-state index contributed by atoms with van der Waals surface area (Å²) in [5, 5.41) is 0. The fourth-order valence-corrected chi connectivity index (χ4v) is 5.60. The summed E-state index contributed by atoms with van der Waals surface area (Å²) in [6.45, 7) is 6.99. The van der Waals surface area contributed by atoms with Crippen LogP contribution in [-0.2, 0) is 14.8 Å². The Labute approximate surface area is 190 Å². The van der Waals surface area contributed by atoms with Crippen LogP contribution in [0.25, 0.3) is 0 Å². The van der Waals surface area contributed by atoms with E-state index >= 15 is 0 Å². The van der Waals surface area contributed by atoms with E-state index in [1.807, 2.05) is 19.2 Å². The number of benzene rings is 2. The topological polar surface area (TPSA) is 70.2 Å². The first-order chi connectivity index (χ1) is 15.3. The molecule has 0 bridgehead atoms. The number of hydrogen-bond donors (Lipinski definition) is 0. The minimum atomic E-state index is -3.86. The highest BCUT2D eigenvalue weighted by Gasteiger charge is 2.39. The SMILES string of the molecule is CCC(C)c1ccc(S(=O)(=O)N2CC(C(=O)N3CCN(C)CC3)Oc3ccccc32)cc1. The van der Waals surface area contributed by atoms with Crippen molar-refractivity contribution < 1.29 is 17.9 Å². The number of piperazine rings is 1. The van der Waals surface area contributed by atoms with Crippen molar-refractivity contribution in [3.8, 4) is 5.75 Å². The molecule has 8 heteroatoms. The number of carbonyl (C=O) groups is 1. The molecule has 1 saturated heterocycles. The second-order valence-corrected chi connectivity index (χ2v) is 10.5. The van der Waals surface area contributed by atoms with Gasteiger partial charge in [0.2, 0.25) is 0 Å². The van der Waals surface area contributed by atoms with Gasteiger partial charge in [-0.15, -0.1) is 0 Å². The molecule has 0 N–H and O–H groups in total. The number of ether oxygens (including phenoxy) is 1. The molecule has 2 unspecified atom stereocenters. The lowest BCUT2D eigenvalue weighted by Crippen LogP contribution is -2.55. The quantitative estimate of drug-likeness (QED) is 0.691. The van der Waals surface area contributed by atoms with Gasteiger partial charge in [-0.1, -0.05) is 38.1 Å². The molecule has 0 aromatic heterocycles. The van der Waals surface area contributed by atoms with Crippen molar-refractivity contribution in [2.24, 2.45) is 0 Å². The molecule has 0 spiro atoms. The third-order valence-corrected chi connectivity index (χ3v) is 8.27. The molecule has 0 saturated carbocycles. The molecule has 2 aromatic carbocycles. The lowest BCUT2D eigenvalue weighted by Gasteiger charge is -2.39. The molecule has 0 radical (unpaired) electrons. The summed E-state index contributed by atoms with van der Waals surface area (Å²) in [5.74, 6) is 0.604. The zero-order valence-electron chi connectivity index (χ0n) is 18.9.